The van der Waals surface area contributed by atoms with Crippen LogP contribution in [0.25, 0.3) is 0 Å². The van der Waals surface area contributed by atoms with Crippen LogP contribution in [0.1, 0.15) is 28.4 Å². The second-order valence-corrected chi connectivity index (χ2v) is 5.72. The Kier molecular flexibility index (Phi) is 6.55. The molecule has 0 saturated carbocycles. The van der Waals surface area contributed by atoms with Crippen molar-refractivity contribution in [3.8, 4) is 0 Å². The number of rotatable bonds is 6. The number of carbonyl (C=O) groups is 1. The third-order valence-corrected chi connectivity index (χ3v) is 3.75. The van der Waals surface area contributed by atoms with Crippen molar-refractivity contribution in [2.24, 2.45) is 4.99 Å². The fourth-order valence-electron chi connectivity index (χ4n) is 2.09. The van der Waals surface area contributed by atoms with Crippen molar-refractivity contribution in [2.75, 3.05) is 13.6 Å². The number of hydrogen-bond acceptors (Lipinski definition) is 3. The number of aliphatic imine (C=N–C) groups is 1. The summed E-state index contributed by atoms with van der Waals surface area (Å²) in [4.78, 5) is 17.5. The van der Waals surface area contributed by atoms with E-state index >= 15 is 0 Å². The predicted molar refractivity (Wildman–Crippen MR) is 93.4 cm³/mol. The minimum absolute atomic E-state index is 0.130. The van der Waals surface area contributed by atoms with Crippen LogP contribution < -0.4 is 0 Å². The maximum Gasteiger partial charge on any atom is 0.418 e. The summed E-state index contributed by atoms with van der Waals surface area (Å²) in [7, 11) is 1.67. The van der Waals surface area contributed by atoms with E-state index in [1.165, 1.54) is 30.6 Å². The fourth-order valence-corrected chi connectivity index (χ4v) is 2.09. The van der Waals surface area contributed by atoms with Gasteiger partial charge in [0.15, 0.2) is 0 Å². The lowest BCUT2D eigenvalue weighted by molar-refractivity contribution is -0.137. The van der Waals surface area contributed by atoms with Gasteiger partial charge in [-0.1, -0.05) is 18.2 Å². The monoisotopic (exact) mass is 382 g/mol. The Morgan fingerprint density at radius 1 is 1.22 bits per heavy atom. The average molecular weight is 382 g/mol. The summed E-state index contributed by atoms with van der Waals surface area (Å²) in [6.07, 6.45) is -3.42. The molecule has 0 aliphatic rings. The Balaban J connectivity index is 2.23. The summed E-state index contributed by atoms with van der Waals surface area (Å²) in [5.41, 5.74) is -1.52. The van der Waals surface area contributed by atoms with Crippen molar-refractivity contribution in [3.63, 3.8) is 0 Å². The number of esters is 1. The van der Waals surface area contributed by atoms with Crippen LogP contribution >= 0.6 is 0 Å². The molecular formula is C19H18F4N2O2. The van der Waals surface area contributed by atoms with E-state index in [2.05, 4.69) is 4.99 Å². The molecule has 0 spiro atoms. The standard InChI is InChI=1S/C19H18F4N2O2/c1-3-25(2)12-24-17-9-8-13(10-15(17)19(21,22)23)18(26)27-11-14-6-4-5-7-16(14)20/h4-10,12H,3,11H2,1-2H3/b24-12+. The maximum absolute atomic E-state index is 13.5. The zero-order valence-electron chi connectivity index (χ0n) is 14.8. The van der Waals surface area contributed by atoms with Gasteiger partial charge in [0.05, 0.1) is 23.2 Å². The molecule has 0 fully saturated rings. The molecule has 0 amide bonds. The first-order valence-corrected chi connectivity index (χ1v) is 8.08. The first-order valence-electron chi connectivity index (χ1n) is 8.08. The summed E-state index contributed by atoms with van der Waals surface area (Å²) >= 11 is 0. The van der Waals surface area contributed by atoms with Gasteiger partial charge in [0.25, 0.3) is 0 Å². The highest BCUT2D eigenvalue weighted by atomic mass is 19.4. The van der Waals surface area contributed by atoms with Crippen LogP contribution in [0.3, 0.4) is 0 Å². The molecule has 0 aliphatic carbocycles. The van der Waals surface area contributed by atoms with E-state index in [4.69, 9.17) is 4.74 Å². The molecule has 0 saturated heterocycles. The van der Waals surface area contributed by atoms with Gasteiger partial charge in [0, 0.05) is 19.2 Å². The molecule has 0 aliphatic heterocycles. The van der Waals surface area contributed by atoms with Crippen LogP contribution in [0.5, 0.6) is 0 Å². The van der Waals surface area contributed by atoms with Gasteiger partial charge in [-0.3, -0.25) is 0 Å². The van der Waals surface area contributed by atoms with E-state index in [0.717, 1.165) is 6.07 Å². The van der Waals surface area contributed by atoms with Crippen molar-refractivity contribution >= 4 is 18.0 Å². The van der Waals surface area contributed by atoms with Crippen molar-refractivity contribution in [2.45, 2.75) is 19.7 Å². The molecule has 0 radical (unpaired) electrons. The summed E-state index contributed by atoms with van der Waals surface area (Å²) < 4.78 is 58.4. The normalized spacial score (nSPS) is 11.6. The lowest BCUT2D eigenvalue weighted by Crippen LogP contribution is -2.15. The molecule has 2 aromatic rings. The highest BCUT2D eigenvalue weighted by molar-refractivity contribution is 5.90. The fraction of sp³-hybridized carbons (Fsp3) is 0.263. The van der Waals surface area contributed by atoms with Crippen LogP contribution in [0.4, 0.5) is 23.2 Å². The maximum atomic E-state index is 13.5. The lowest BCUT2D eigenvalue weighted by atomic mass is 10.1. The molecule has 0 aromatic heterocycles. The quantitative estimate of drug-likeness (QED) is 0.312. The topological polar surface area (TPSA) is 41.9 Å². The summed E-state index contributed by atoms with van der Waals surface area (Å²) in [6.45, 7) is 2.02. The summed E-state index contributed by atoms with van der Waals surface area (Å²) in [5, 5.41) is 0. The Labute approximate surface area is 154 Å². The Hall–Kier alpha value is -2.90. The van der Waals surface area contributed by atoms with E-state index in [0.29, 0.717) is 12.6 Å². The number of ether oxygens (including phenoxy) is 1. The van der Waals surface area contributed by atoms with Crippen molar-refractivity contribution in [1.29, 1.82) is 0 Å². The highest BCUT2D eigenvalue weighted by Crippen LogP contribution is 2.37. The molecule has 0 atom stereocenters. The molecule has 0 bridgehead atoms. The Morgan fingerprint density at radius 2 is 1.93 bits per heavy atom. The van der Waals surface area contributed by atoms with Crippen molar-refractivity contribution in [1.82, 2.24) is 4.90 Å². The van der Waals surface area contributed by atoms with Crippen LogP contribution in [-0.4, -0.2) is 30.8 Å². The molecule has 2 aromatic carbocycles. The van der Waals surface area contributed by atoms with Crippen LogP contribution in [0, 0.1) is 5.82 Å². The van der Waals surface area contributed by atoms with Crippen molar-refractivity contribution < 1.29 is 27.1 Å². The zero-order valence-corrected chi connectivity index (χ0v) is 14.8. The van der Waals surface area contributed by atoms with Crippen LogP contribution in [-0.2, 0) is 17.5 Å². The molecule has 0 N–H and O–H groups in total. The van der Waals surface area contributed by atoms with E-state index in [1.54, 1.807) is 18.0 Å². The van der Waals surface area contributed by atoms with E-state index in [1.807, 2.05) is 6.92 Å². The lowest BCUT2D eigenvalue weighted by Gasteiger charge is -2.13. The minimum Gasteiger partial charge on any atom is -0.457 e. The van der Waals surface area contributed by atoms with E-state index in [-0.39, 0.29) is 23.4 Å². The molecule has 4 nitrogen and oxygen atoms in total. The summed E-state index contributed by atoms with van der Waals surface area (Å²) in [5.74, 6) is -1.55. The highest BCUT2D eigenvalue weighted by Gasteiger charge is 2.34. The van der Waals surface area contributed by atoms with Gasteiger partial charge in [-0.15, -0.1) is 0 Å². The van der Waals surface area contributed by atoms with Gasteiger partial charge in [-0.05, 0) is 31.2 Å². The molecular weight excluding hydrogens is 364 g/mol. The molecule has 27 heavy (non-hydrogen) atoms. The van der Waals surface area contributed by atoms with E-state index < -0.39 is 23.5 Å². The minimum atomic E-state index is -4.70. The van der Waals surface area contributed by atoms with Gasteiger partial charge in [0.1, 0.15) is 12.4 Å². The number of carbonyl (C=O) groups excluding carboxylic acids is 1. The molecule has 144 valence electrons. The van der Waals surface area contributed by atoms with Gasteiger partial charge in [-0.25, -0.2) is 14.2 Å². The van der Waals surface area contributed by atoms with Crippen LogP contribution in [0.15, 0.2) is 47.5 Å². The van der Waals surface area contributed by atoms with E-state index in [9.17, 15) is 22.4 Å². The molecule has 8 heteroatoms. The second-order valence-electron chi connectivity index (χ2n) is 5.72. The first-order chi connectivity index (χ1) is 12.7. The first kappa shape index (κ1) is 20.4. The number of halogens is 4. The Morgan fingerprint density at radius 3 is 2.56 bits per heavy atom. The summed E-state index contributed by atoms with van der Waals surface area (Å²) in [6, 6.07) is 8.64. The third-order valence-electron chi connectivity index (χ3n) is 3.75. The predicted octanol–water partition coefficient (Wildman–Crippen LogP) is 4.81. The van der Waals surface area contributed by atoms with Gasteiger partial charge < -0.3 is 9.64 Å². The van der Waals surface area contributed by atoms with Crippen molar-refractivity contribution in [3.05, 3.63) is 65.0 Å². The number of benzene rings is 2. The average Bonchev–Trinajstić information content (AvgIpc) is 2.64. The number of hydrogen-bond donors (Lipinski definition) is 0. The number of alkyl halides is 3. The largest absolute Gasteiger partial charge is 0.457 e. The van der Waals surface area contributed by atoms with Crippen LogP contribution in [0.2, 0.25) is 0 Å². The molecule has 0 heterocycles. The smallest absolute Gasteiger partial charge is 0.418 e. The van der Waals surface area contributed by atoms with Gasteiger partial charge >= 0.3 is 12.1 Å². The SMILES string of the molecule is CCN(C)/C=N/c1ccc(C(=O)OCc2ccccc2F)cc1C(F)(F)F. The second kappa shape index (κ2) is 8.66. The Bertz CT molecular complexity index is 835. The molecule has 2 rings (SSSR count). The van der Waals surface area contributed by atoms with Gasteiger partial charge in [0.2, 0.25) is 0 Å². The third kappa shape index (κ3) is 5.54. The van der Waals surface area contributed by atoms with Gasteiger partial charge in [-0.2, -0.15) is 13.2 Å². The number of nitrogens with zero attached hydrogens (tertiary/aromatic N) is 2. The molecule has 0 unspecified atom stereocenters. The zero-order chi connectivity index (χ0) is 20.0.